The number of aliphatic imine (C=N–C) groups is 1. The molecule has 0 spiro atoms. The Morgan fingerprint density at radius 3 is 2.50 bits per heavy atom. The van der Waals surface area contributed by atoms with Crippen LogP contribution in [0, 0.1) is 6.92 Å². The van der Waals surface area contributed by atoms with E-state index in [0.29, 0.717) is 28.1 Å². The van der Waals surface area contributed by atoms with Gasteiger partial charge < -0.3 is 9.47 Å². The van der Waals surface area contributed by atoms with Crippen molar-refractivity contribution in [2.24, 2.45) is 4.99 Å². The summed E-state index contributed by atoms with van der Waals surface area (Å²) in [6, 6.07) is 17.2. The van der Waals surface area contributed by atoms with Gasteiger partial charge >= 0.3 is 0 Å². The molecule has 0 N–H and O–H groups in total. The summed E-state index contributed by atoms with van der Waals surface area (Å²) in [4.78, 5) is 24.6. The molecule has 0 aliphatic carbocycles. The molecule has 2 heterocycles. The number of hydrogen-bond acceptors (Lipinski definition) is 6. The van der Waals surface area contributed by atoms with E-state index in [1.807, 2.05) is 67.6 Å². The number of hydrogen-bond donors (Lipinski definition) is 0. The number of pyridine rings is 1. The lowest BCUT2D eigenvalue weighted by molar-refractivity contribution is -0.122. The number of aromatic nitrogens is 1. The van der Waals surface area contributed by atoms with Crippen LogP contribution in [0.25, 0.3) is 6.08 Å². The standard InChI is InChI=1S/C25H23N3O3S/c1-17-12-21(30-2)22(31-3)13-19(17)14-23-24(29)28(16-18-8-7-11-26-15-18)25(32-23)27-20-9-5-4-6-10-20/h4-15H,16H2,1-3H3/b23-14-,27-25?. The fourth-order valence-corrected chi connectivity index (χ4v) is 4.30. The van der Waals surface area contributed by atoms with E-state index < -0.39 is 0 Å². The number of benzene rings is 2. The third-order valence-electron chi connectivity index (χ3n) is 4.99. The van der Waals surface area contributed by atoms with Crippen LogP contribution in [0.2, 0.25) is 0 Å². The quantitative estimate of drug-likeness (QED) is 0.487. The molecule has 1 saturated heterocycles. The molecule has 1 aliphatic rings. The fraction of sp³-hybridized carbons (Fsp3) is 0.160. The van der Waals surface area contributed by atoms with E-state index >= 15 is 0 Å². The average Bonchev–Trinajstić information content (AvgIpc) is 3.10. The molecule has 3 aromatic rings. The summed E-state index contributed by atoms with van der Waals surface area (Å²) in [5.74, 6) is 1.18. The van der Waals surface area contributed by atoms with Crippen molar-refractivity contribution in [1.29, 1.82) is 0 Å². The lowest BCUT2D eigenvalue weighted by Gasteiger charge is -2.15. The Bertz CT molecular complexity index is 1180. The second-order valence-electron chi connectivity index (χ2n) is 7.16. The number of thioether (sulfide) groups is 1. The van der Waals surface area contributed by atoms with Gasteiger partial charge in [-0.05, 0) is 71.8 Å². The number of carbonyl (C=O) groups is 1. The molecule has 1 fully saturated rings. The van der Waals surface area contributed by atoms with Crippen molar-refractivity contribution in [3.05, 3.63) is 88.6 Å². The SMILES string of the molecule is COc1cc(C)c(/C=C2\SC(=Nc3ccccc3)N(Cc3cccnc3)C2=O)cc1OC. The van der Waals surface area contributed by atoms with Gasteiger partial charge in [-0.2, -0.15) is 0 Å². The predicted molar refractivity (Wildman–Crippen MR) is 128 cm³/mol. The highest BCUT2D eigenvalue weighted by Crippen LogP contribution is 2.37. The lowest BCUT2D eigenvalue weighted by atomic mass is 10.1. The normalized spacial score (nSPS) is 16.1. The van der Waals surface area contributed by atoms with Gasteiger partial charge in [0.05, 0.1) is 31.4 Å². The van der Waals surface area contributed by atoms with E-state index in [1.165, 1.54) is 11.8 Å². The molecule has 0 atom stereocenters. The predicted octanol–water partition coefficient (Wildman–Crippen LogP) is 5.21. The Hall–Kier alpha value is -3.58. The van der Waals surface area contributed by atoms with Crippen molar-refractivity contribution in [3.63, 3.8) is 0 Å². The number of carbonyl (C=O) groups excluding carboxylic acids is 1. The van der Waals surface area contributed by atoms with Gasteiger partial charge in [0, 0.05) is 12.4 Å². The van der Waals surface area contributed by atoms with Crippen LogP contribution in [-0.4, -0.2) is 35.2 Å². The van der Waals surface area contributed by atoms with Crippen LogP contribution in [0.4, 0.5) is 5.69 Å². The fourth-order valence-electron chi connectivity index (χ4n) is 3.31. The van der Waals surface area contributed by atoms with Crippen LogP contribution in [0.15, 0.2) is 76.9 Å². The van der Waals surface area contributed by atoms with Crippen molar-refractivity contribution in [2.75, 3.05) is 14.2 Å². The molecule has 6 nitrogen and oxygen atoms in total. The molecule has 0 saturated carbocycles. The first-order valence-corrected chi connectivity index (χ1v) is 10.9. The van der Waals surface area contributed by atoms with Crippen LogP contribution in [0.5, 0.6) is 11.5 Å². The minimum absolute atomic E-state index is 0.0947. The van der Waals surface area contributed by atoms with Crippen LogP contribution in [-0.2, 0) is 11.3 Å². The molecule has 0 bridgehead atoms. The average molecular weight is 446 g/mol. The van der Waals surface area contributed by atoms with Gasteiger partial charge in [-0.1, -0.05) is 24.3 Å². The van der Waals surface area contributed by atoms with E-state index in [1.54, 1.807) is 31.5 Å². The Kier molecular flexibility index (Phi) is 6.56. The second kappa shape index (κ2) is 9.70. The number of amidine groups is 1. The summed E-state index contributed by atoms with van der Waals surface area (Å²) in [5.41, 5.74) is 3.60. The number of amides is 1. The summed E-state index contributed by atoms with van der Waals surface area (Å²) in [6.07, 6.45) is 5.36. The van der Waals surface area contributed by atoms with Crippen molar-refractivity contribution < 1.29 is 14.3 Å². The van der Waals surface area contributed by atoms with Crippen LogP contribution >= 0.6 is 11.8 Å². The van der Waals surface area contributed by atoms with E-state index in [0.717, 1.165) is 22.4 Å². The zero-order valence-electron chi connectivity index (χ0n) is 18.1. The minimum atomic E-state index is -0.0947. The summed E-state index contributed by atoms with van der Waals surface area (Å²) in [6.45, 7) is 2.37. The summed E-state index contributed by atoms with van der Waals surface area (Å²) in [5, 5.41) is 0.634. The molecule has 162 valence electrons. The van der Waals surface area contributed by atoms with Crippen molar-refractivity contribution in [3.8, 4) is 11.5 Å². The van der Waals surface area contributed by atoms with Gasteiger partial charge in [-0.3, -0.25) is 14.7 Å². The summed E-state index contributed by atoms with van der Waals surface area (Å²) < 4.78 is 10.8. The Morgan fingerprint density at radius 2 is 1.81 bits per heavy atom. The Labute approximate surface area is 191 Å². The smallest absolute Gasteiger partial charge is 0.267 e. The van der Waals surface area contributed by atoms with Crippen molar-refractivity contribution >= 4 is 34.6 Å². The highest BCUT2D eigenvalue weighted by atomic mass is 32.2. The van der Waals surface area contributed by atoms with E-state index in [2.05, 4.69) is 4.98 Å². The molecular formula is C25H23N3O3S. The third-order valence-corrected chi connectivity index (χ3v) is 6.00. The van der Waals surface area contributed by atoms with Gasteiger partial charge in [-0.15, -0.1) is 0 Å². The maximum Gasteiger partial charge on any atom is 0.267 e. The van der Waals surface area contributed by atoms with Gasteiger partial charge in [-0.25, -0.2) is 4.99 Å². The number of para-hydroxylation sites is 1. The van der Waals surface area contributed by atoms with Gasteiger partial charge in [0.2, 0.25) is 0 Å². The maximum atomic E-state index is 13.4. The monoisotopic (exact) mass is 445 g/mol. The molecular weight excluding hydrogens is 422 g/mol. The Balaban J connectivity index is 1.73. The summed E-state index contributed by atoms with van der Waals surface area (Å²) in [7, 11) is 3.20. The number of ether oxygens (including phenoxy) is 2. The molecule has 4 rings (SSSR count). The zero-order chi connectivity index (χ0) is 22.5. The number of methoxy groups -OCH3 is 2. The maximum absolute atomic E-state index is 13.4. The third kappa shape index (κ3) is 4.68. The number of nitrogens with zero attached hydrogens (tertiary/aromatic N) is 3. The van der Waals surface area contributed by atoms with Crippen LogP contribution in [0.3, 0.4) is 0 Å². The number of rotatable bonds is 6. The molecule has 1 aliphatic heterocycles. The molecule has 0 unspecified atom stereocenters. The minimum Gasteiger partial charge on any atom is -0.493 e. The topological polar surface area (TPSA) is 64.0 Å². The Morgan fingerprint density at radius 1 is 1.06 bits per heavy atom. The number of aryl methyl sites for hydroxylation is 1. The van der Waals surface area contributed by atoms with Crippen LogP contribution < -0.4 is 9.47 Å². The molecule has 0 radical (unpaired) electrons. The van der Waals surface area contributed by atoms with Crippen molar-refractivity contribution in [1.82, 2.24) is 9.88 Å². The van der Waals surface area contributed by atoms with E-state index in [4.69, 9.17) is 14.5 Å². The first kappa shape index (κ1) is 21.6. The molecule has 2 aromatic carbocycles. The van der Waals surface area contributed by atoms with E-state index in [-0.39, 0.29) is 5.91 Å². The lowest BCUT2D eigenvalue weighted by Crippen LogP contribution is -2.28. The molecule has 7 heteroatoms. The molecule has 32 heavy (non-hydrogen) atoms. The molecule has 1 amide bonds. The highest BCUT2D eigenvalue weighted by Gasteiger charge is 2.33. The largest absolute Gasteiger partial charge is 0.493 e. The van der Waals surface area contributed by atoms with E-state index in [9.17, 15) is 4.79 Å². The van der Waals surface area contributed by atoms with Gasteiger partial charge in [0.15, 0.2) is 16.7 Å². The van der Waals surface area contributed by atoms with Crippen molar-refractivity contribution in [2.45, 2.75) is 13.5 Å². The first-order chi connectivity index (χ1) is 15.6. The summed E-state index contributed by atoms with van der Waals surface area (Å²) >= 11 is 1.36. The van der Waals surface area contributed by atoms with Gasteiger partial charge in [0.1, 0.15) is 0 Å². The first-order valence-electron chi connectivity index (χ1n) is 10.1. The molecule has 1 aromatic heterocycles. The highest BCUT2D eigenvalue weighted by molar-refractivity contribution is 8.18. The van der Waals surface area contributed by atoms with Gasteiger partial charge in [0.25, 0.3) is 5.91 Å². The zero-order valence-corrected chi connectivity index (χ0v) is 18.9. The van der Waals surface area contributed by atoms with Crippen LogP contribution in [0.1, 0.15) is 16.7 Å². The second-order valence-corrected chi connectivity index (χ2v) is 8.17.